The van der Waals surface area contributed by atoms with Gasteiger partial charge in [0.25, 0.3) is 0 Å². The molecule has 1 aliphatic heterocycles. The van der Waals surface area contributed by atoms with Crippen LogP contribution in [-0.2, 0) is 11.8 Å². The van der Waals surface area contributed by atoms with Crippen molar-refractivity contribution >= 4 is 29.3 Å². The molecule has 0 spiro atoms. The van der Waals surface area contributed by atoms with Crippen LogP contribution in [0, 0.1) is 0 Å². The van der Waals surface area contributed by atoms with Gasteiger partial charge in [-0.25, -0.2) is 0 Å². The maximum atomic E-state index is 12.7. The Kier molecular flexibility index (Phi) is 6.02. The number of hydrogen-bond donors (Lipinski definition) is 0. The van der Waals surface area contributed by atoms with Crippen molar-refractivity contribution < 1.29 is 4.79 Å². The molecule has 134 valence electrons. The van der Waals surface area contributed by atoms with Crippen LogP contribution in [0.3, 0.4) is 0 Å². The fraction of sp³-hybridized carbons (Fsp3) is 0.500. The molecule has 5 nitrogen and oxygen atoms in total. The highest BCUT2D eigenvalue weighted by atomic mass is 35.5. The van der Waals surface area contributed by atoms with Crippen LogP contribution in [0.1, 0.15) is 32.6 Å². The van der Waals surface area contributed by atoms with E-state index >= 15 is 0 Å². The minimum atomic E-state index is -0.168. The molecular formula is C18H23ClN4OS. The van der Waals surface area contributed by atoms with E-state index in [4.69, 9.17) is 11.6 Å². The van der Waals surface area contributed by atoms with E-state index in [0.29, 0.717) is 5.02 Å². The molecule has 7 heteroatoms. The summed E-state index contributed by atoms with van der Waals surface area (Å²) in [5.41, 5.74) is 0.956. The molecule has 2 heterocycles. The van der Waals surface area contributed by atoms with Crippen LogP contribution in [0.15, 0.2) is 29.4 Å². The molecule has 1 fully saturated rings. The summed E-state index contributed by atoms with van der Waals surface area (Å²) in [5, 5.41) is 9.83. The fourth-order valence-electron chi connectivity index (χ4n) is 3.02. The molecule has 25 heavy (non-hydrogen) atoms. The van der Waals surface area contributed by atoms with Gasteiger partial charge in [-0.05, 0) is 44.0 Å². The van der Waals surface area contributed by atoms with Crippen molar-refractivity contribution in [3.63, 3.8) is 0 Å². The first-order valence-corrected chi connectivity index (χ1v) is 9.93. The molecule has 0 bridgehead atoms. The Morgan fingerprint density at radius 2 is 1.76 bits per heavy atom. The first kappa shape index (κ1) is 18.3. The highest BCUT2D eigenvalue weighted by molar-refractivity contribution is 8.00. The Bertz CT molecular complexity index is 723. The Morgan fingerprint density at radius 3 is 2.40 bits per heavy atom. The number of carbonyl (C=O) groups excluding carboxylic acids is 1. The SMILES string of the molecule is C[C@H](Sc1nnc(-c2ccc(Cl)cc2)n1C)C(=O)N1CCCCCC1. The number of nitrogens with zero attached hydrogens (tertiary/aromatic N) is 4. The molecule has 1 amide bonds. The predicted molar refractivity (Wildman–Crippen MR) is 102 cm³/mol. The average molecular weight is 379 g/mol. The Balaban J connectivity index is 1.70. The normalized spacial score (nSPS) is 16.5. The van der Waals surface area contributed by atoms with Gasteiger partial charge in [-0.3, -0.25) is 4.79 Å². The number of benzene rings is 1. The minimum Gasteiger partial charge on any atom is -0.342 e. The summed E-state index contributed by atoms with van der Waals surface area (Å²) in [7, 11) is 1.93. The molecule has 1 aliphatic rings. The molecule has 1 atom stereocenters. The summed E-state index contributed by atoms with van der Waals surface area (Å²) in [6.07, 6.45) is 4.65. The lowest BCUT2D eigenvalue weighted by molar-refractivity contribution is -0.130. The van der Waals surface area contributed by atoms with E-state index in [9.17, 15) is 4.79 Å². The van der Waals surface area contributed by atoms with Crippen molar-refractivity contribution in [1.29, 1.82) is 0 Å². The number of carbonyl (C=O) groups is 1. The fourth-order valence-corrected chi connectivity index (χ4v) is 4.05. The molecule has 1 saturated heterocycles. The summed E-state index contributed by atoms with van der Waals surface area (Å²) < 4.78 is 1.93. The maximum absolute atomic E-state index is 12.7. The molecule has 0 saturated carbocycles. The molecule has 1 aromatic carbocycles. The summed E-state index contributed by atoms with van der Waals surface area (Å²) in [6.45, 7) is 3.70. The van der Waals surface area contributed by atoms with Crippen molar-refractivity contribution in [2.75, 3.05) is 13.1 Å². The van der Waals surface area contributed by atoms with Crippen molar-refractivity contribution in [1.82, 2.24) is 19.7 Å². The summed E-state index contributed by atoms with van der Waals surface area (Å²) >= 11 is 7.41. The van der Waals surface area contributed by atoms with Gasteiger partial charge in [-0.1, -0.05) is 36.2 Å². The highest BCUT2D eigenvalue weighted by Crippen LogP contribution is 2.27. The Morgan fingerprint density at radius 1 is 1.12 bits per heavy atom. The van der Waals surface area contributed by atoms with Gasteiger partial charge in [0, 0.05) is 30.7 Å². The molecule has 0 aliphatic carbocycles. The summed E-state index contributed by atoms with van der Waals surface area (Å²) in [6, 6.07) is 7.52. The molecular weight excluding hydrogens is 356 g/mol. The second kappa shape index (κ2) is 8.23. The van der Waals surface area contributed by atoms with E-state index in [0.717, 1.165) is 42.5 Å². The lowest BCUT2D eigenvalue weighted by Crippen LogP contribution is -2.37. The number of hydrogen-bond acceptors (Lipinski definition) is 4. The van der Waals surface area contributed by atoms with E-state index in [2.05, 4.69) is 10.2 Å². The maximum Gasteiger partial charge on any atom is 0.235 e. The van der Waals surface area contributed by atoms with Crippen molar-refractivity contribution in [3.8, 4) is 11.4 Å². The van der Waals surface area contributed by atoms with Gasteiger partial charge >= 0.3 is 0 Å². The second-order valence-corrected chi connectivity index (χ2v) is 8.12. The van der Waals surface area contributed by atoms with Crippen LogP contribution >= 0.6 is 23.4 Å². The third-order valence-electron chi connectivity index (χ3n) is 4.49. The zero-order valence-corrected chi connectivity index (χ0v) is 16.2. The lowest BCUT2D eigenvalue weighted by atomic mass is 10.2. The quantitative estimate of drug-likeness (QED) is 0.754. The third-order valence-corrected chi connectivity index (χ3v) is 5.86. The van der Waals surface area contributed by atoms with Crippen LogP contribution in [0.5, 0.6) is 0 Å². The van der Waals surface area contributed by atoms with Gasteiger partial charge in [0.2, 0.25) is 5.91 Å². The van der Waals surface area contributed by atoms with Gasteiger partial charge in [0.05, 0.1) is 5.25 Å². The van der Waals surface area contributed by atoms with E-state index in [1.165, 1.54) is 24.6 Å². The van der Waals surface area contributed by atoms with Crippen LogP contribution in [0.25, 0.3) is 11.4 Å². The molecule has 0 radical (unpaired) electrons. The van der Waals surface area contributed by atoms with E-state index < -0.39 is 0 Å². The molecule has 0 N–H and O–H groups in total. The van der Waals surface area contributed by atoms with Crippen LogP contribution in [-0.4, -0.2) is 43.9 Å². The second-order valence-electron chi connectivity index (χ2n) is 6.37. The van der Waals surface area contributed by atoms with Gasteiger partial charge in [-0.15, -0.1) is 10.2 Å². The van der Waals surface area contributed by atoms with Crippen molar-refractivity contribution in [2.24, 2.45) is 7.05 Å². The number of amides is 1. The topological polar surface area (TPSA) is 51.0 Å². The van der Waals surface area contributed by atoms with E-state index in [1.807, 2.05) is 47.7 Å². The molecule has 0 unspecified atom stereocenters. The van der Waals surface area contributed by atoms with E-state index in [1.54, 1.807) is 0 Å². The first-order valence-electron chi connectivity index (χ1n) is 8.67. The van der Waals surface area contributed by atoms with Crippen LogP contribution in [0.2, 0.25) is 5.02 Å². The third kappa shape index (κ3) is 4.36. The largest absolute Gasteiger partial charge is 0.342 e. The van der Waals surface area contributed by atoms with Crippen LogP contribution < -0.4 is 0 Å². The average Bonchev–Trinajstić information content (AvgIpc) is 2.82. The number of likely N-dealkylation sites (tertiary alicyclic amines) is 1. The summed E-state index contributed by atoms with van der Waals surface area (Å²) in [5.74, 6) is 0.969. The smallest absolute Gasteiger partial charge is 0.235 e. The Labute approximate surface area is 157 Å². The number of rotatable bonds is 4. The van der Waals surface area contributed by atoms with Crippen molar-refractivity contribution in [3.05, 3.63) is 29.3 Å². The monoisotopic (exact) mass is 378 g/mol. The van der Waals surface area contributed by atoms with Gasteiger partial charge in [-0.2, -0.15) is 0 Å². The van der Waals surface area contributed by atoms with Crippen LogP contribution in [0.4, 0.5) is 0 Å². The lowest BCUT2D eigenvalue weighted by Gasteiger charge is -2.23. The molecule has 1 aromatic heterocycles. The Hall–Kier alpha value is -1.53. The summed E-state index contributed by atoms with van der Waals surface area (Å²) in [4.78, 5) is 14.7. The zero-order valence-electron chi connectivity index (χ0n) is 14.6. The number of halogens is 1. The zero-order chi connectivity index (χ0) is 17.8. The number of thioether (sulfide) groups is 1. The number of aromatic nitrogens is 3. The van der Waals surface area contributed by atoms with Gasteiger partial charge in [0.1, 0.15) is 0 Å². The van der Waals surface area contributed by atoms with E-state index in [-0.39, 0.29) is 11.2 Å². The highest BCUT2D eigenvalue weighted by Gasteiger charge is 2.24. The first-order chi connectivity index (χ1) is 12.1. The van der Waals surface area contributed by atoms with Crippen molar-refractivity contribution in [2.45, 2.75) is 43.0 Å². The molecule has 2 aromatic rings. The predicted octanol–water partition coefficient (Wildman–Crippen LogP) is 4.02. The molecule has 3 rings (SSSR count). The standard InChI is InChI=1S/C18H23ClN4OS/c1-13(17(24)23-11-5-3-4-6-12-23)25-18-21-20-16(22(18)2)14-7-9-15(19)10-8-14/h7-10,13H,3-6,11-12H2,1-2H3/t13-/m0/s1. The van der Waals surface area contributed by atoms with Gasteiger partial charge < -0.3 is 9.47 Å². The minimum absolute atomic E-state index is 0.168. The van der Waals surface area contributed by atoms with Gasteiger partial charge in [0.15, 0.2) is 11.0 Å².